The maximum Gasteiger partial charge on any atom is 0.258 e. The first-order valence-corrected chi connectivity index (χ1v) is 9.72. The Balaban J connectivity index is 1.51. The first-order valence-electron chi connectivity index (χ1n) is 9.72. The van der Waals surface area contributed by atoms with E-state index < -0.39 is 0 Å². The lowest BCUT2D eigenvalue weighted by atomic mass is 10.1. The highest BCUT2D eigenvalue weighted by molar-refractivity contribution is 6.07. The molecule has 1 aliphatic heterocycles. The van der Waals surface area contributed by atoms with E-state index in [0.717, 1.165) is 24.9 Å². The van der Waals surface area contributed by atoms with E-state index >= 15 is 0 Å². The fraction of sp³-hybridized carbons (Fsp3) is 0.167. The first kappa shape index (κ1) is 18.7. The third-order valence-electron chi connectivity index (χ3n) is 5.10. The Hall–Kier alpha value is -3.60. The van der Waals surface area contributed by atoms with Gasteiger partial charge in [-0.2, -0.15) is 0 Å². The Morgan fingerprint density at radius 2 is 1.66 bits per heavy atom. The number of aromatic hydroxyl groups is 1. The molecule has 1 aliphatic rings. The van der Waals surface area contributed by atoms with Crippen LogP contribution in [-0.2, 0) is 6.42 Å². The number of fused-ring (bicyclic) bond motifs is 1. The zero-order chi connectivity index (χ0) is 20.2. The zero-order valence-electron chi connectivity index (χ0n) is 16.0. The second-order valence-corrected chi connectivity index (χ2v) is 7.12. The number of carbonyl (C=O) groups is 2. The van der Waals surface area contributed by atoms with E-state index in [2.05, 4.69) is 11.4 Å². The number of hydrogen-bond acceptors (Lipinski definition) is 3. The van der Waals surface area contributed by atoms with Gasteiger partial charge in [-0.15, -0.1) is 0 Å². The molecule has 5 heteroatoms. The topological polar surface area (TPSA) is 69.6 Å². The van der Waals surface area contributed by atoms with Gasteiger partial charge >= 0.3 is 0 Å². The SMILES string of the molecule is O=C(Nc1ccc(C(=O)N2CCCCc3ccccc32)cc1)c1cccc(O)c1. The number of benzene rings is 3. The van der Waals surface area contributed by atoms with Crippen LogP contribution in [0.25, 0.3) is 0 Å². The van der Waals surface area contributed by atoms with E-state index in [1.165, 1.54) is 17.7 Å². The number of nitrogens with one attached hydrogen (secondary N) is 1. The molecule has 3 aromatic carbocycles. The number of anilines is 2. The number of nitrogens with zero attached hydrogens (tertiary/aromatic N) is 1. The number of rotatable bonds is 3. The van der Waals surface area contributed by atoms with Gasteiger partial charge in [-0.05, 0) is 73.4 Å². The van der Waals surface area contributed by atoms with E-state index in [0.29, 0.717) is 23.4 Å². The van der Waals surface area contributed by atoms with Crippen molar-refractivity contribution in [2.24, 2.45) is 0 Å². The van der Waals surface area contributed by atoms with Crippen molar-refractivity contribution in [3.63, 3.8) is 0 Å². The van der Waals surface area contributed by atoms with E-state index in [1.807, 2.05) is 23.1 Å². The van der Waals surface area contributed by atoms with Crippen LogP contribution in [0, 0.1) is 0 Å². The minimum atomic E-state index is -0.318. The number of phenols is 1. The Kier molecular flexibility index (Phi) is 5.29. The highest BCUT2D eigenvalue weighted by atomic mass is 16.3. The molecule has 2 N–H and O–H groups in total. The number of para-hydroxylation sites is 1. The lowest BCUT2D eigenvalue weighted by molar-refractivity contribution is 0.0985. The smallest absolute Gasteiger partial charge is 0.258 e. The molecule has 0 atom stereocenters. The van der Waals surface area contributed by atoms with Crippen LogP contribution in [0.15, 0.2) is 72.8 Å². The molecular weight excluding hydrogens is 364 g/mol. The summed E-state index contributed by atoms with van der Waals surface area (Å²) in [6.07, 6.45) is 3.03. The quantitative estimate of drug-likeness (QED) is 0.690. The van der Waals surface area contributed by atoms with Gasteiger partial charge in [0.1, 0.15) is 5.75 Å². The summed E-state index contributed by atoms with van der Waals surface area (Å²) in [6, 6.07) is 21.1. The molecule has 0 saturated heterocycles. The molecule has 0 radical (unpaired) electrons. The third-order valence-corrected chi connectivity index (χ3v) is 5.10. The van der Waals surface area contributed by atoms with E-state index in [1.54, 1.807) is 36.4 Å². The Morgan fingerprint density at radius 3 is 2.45 bits per heavy atom. The van der Waals surface area contributed by atoms with Gasteiger partial charge in [-0.1, -0.05) is 24.3 Å². The van der Waals surface area contributed by atoms with Gasteiger partial charge in [0.15, 0.2) is 0 Å². The molecule has 146 valence electrons. The number of hydrogen-bond donors (Lipinski definition) is 2. The summed E-state index contributed by atoms with van der Waals surface area (Å²) < 4.78 is 0. The largest absolute Gasteiger partial charge is 0.508 e. The second-order valence-electron chi connectivity index (χ2n) is 7.12. The van der Waals surface area contributed by atoms with Crippen LogP contribution in [0.3, 0.4) is 0 Å². The average Bonchev–Trinajstić information content (AvgIpc) is 2.96. The lowest BCUT2D eigenvalue weighted by Gasteiger charge is -2.23. The van der Waals surface area contributed by atoms with Crippen LogP contribution in [0.4, 0.5) is 11.4 Å². The van der Waals surface area contributed by atoms with Gasteiger partial charge in [0.25, 0.3) is 11.8 Å². The van der Waals surface area contributed by atoms with Crippen molar-refractivity contribution in [1.82, 2.24) is 0 Å². The Bertz CT molecular complexity index is 1040. The molecule has 2 amide bonds. The van der Waals surface area contributed by atoms with Crippen LogP contribution in [0.2, 0.25) is 0 Å². The Morgan fingerprint density at radius 1 is 0.862 bits per heavy atom. The number of aryl methyl sites for hydroxylation is 1. The van der Waals surface area contributed by atoms with E-state index in [9.17, 15) is 14.7 Å². The summed E-state index contributed by atoms with van der Waals surface area (Å²) in [5, 5.41) is 12.3. The molecule has 0 bridgehead atoms. The van der Waals surface area contributed by atoms with Gasteiger partial charge in [0, 0.05) is 29.0 Å². The van der Waals surface area contributed by atoms with Crippen LogP contribution < -0.4 is 10.2 Å². The van der Waals surface area contributed by atoms with Gasteiger partial charge in [-0.3, -0.25) is 9.59 Å². The molecular formula is C24H22N2O3. The Labute approximate surface area is 169 Å². The van der Waals surface area contributed by atoms with Gasteiger partial charge in [0.2, 0.25) is 0 Å². The van der Waals surface area contributed by atoms with Crippen molar-refractivity contribution in [2.75, 3.05) is 16.8 Å². The van der Waals surface area contributed by atoms with Gasteiger partial charge < -0.3 is 15.3 Å². The summed E-state index contributed by atoms with van der Waals surface area (Å²) in [7, 11) is 0. The highest BCUT2D eigenvalue weighted by Crippen LogP contribution is 2.27. The maximum absolute atomic E-state index is 13.1. The lowest BCUT2D eigenvalue weighted by Crippen LogP contribution is -2.31. The molecule has 0 aliphatic carbocycles. The summed E-state index contributed by atoms with van der Waals surface area (Å²) in [4.78, 5) is 27.3. The second kappa shape index (κ2) is 8.19. The molecule has 5 nitrogen and oxygen atoms in total. The van der Waals surface area contributed by atoms with Crippen LogP contribution in [-0.4, -0.2) is 23.5 Å². The normalized spacial score (nSPS) is 13.3. The zero-order valence-corrected chi connectivity index (χ0v) is 16.0. The molecule has 0 unspecified atom stereocenters. The average molecular weight is 386 g/mol. The minimum Gasteiger partial charge on any atom is -0.508 e. The van der Waals surface area contributed by atoms with Crippen molar-refractivity contribution in [1.29, 1.82) is 0 Å². The summed E-state index contributed by atoms with van der Waals surface area (Å²) in [5.41, 5.74) is 3.72. The predicted molar refractivity (Wildman–Crippen MR) is 114 cm³/mol. The fourth-order valence-electron chi connectivity index (χ4n) is 3.60. The maximum atomic E-state index is 13.1. The van der Waals surface area contributed by atoms with Crippen LogP contribution in [0.5, 0.6) is 5.75 Å². The summed E-state index contributed by atoms with van der Waals surface area (Å²) in [5.74, 6) is -0.317. The number of amides is 2. The molecule has 4 rings (SSSR count). The third kappa shape index (κ3) is 4.14. The van der Waals surface area contributed by atoms with Crippen molar-refractivity contribution in [3.05, 3.63) is 89.5 Å². The first-order chi connectivity index (χ1) is 14.1. The van der Waals surface area contributed by atoms with Gasteiger partial charge in [0.05, 0.1) is 0 Å². The predicted octanol–water partition coefficient (Wildman–Crippen LogP) is 4.63. The van der Waals surface area contributed by atoms with Crippen molar-refractivity contribution in [2.45, 2.75) is 19.3 Å². The minimum absolute atomic E-state index is 0.0368. The van der Waals surface area contributed by atoms with Crippen LogP contribution >= 0.6 is 0 Å². The molecule has 0 spiro atoms. The molecule has 0 fully saturated rings. The monoisotopic (exact) mass is 386 g/mol. The van der Waals surface area contributed by atoms with Gasteiger partial charge in [-0.25, -0.2) is 0 Å². The van der Waals surface area contributed by atoms with Crippen LogP contribution in [0.1, 0.15) is 39.1 Å². The molecule has 3 aromatic rings. The molecule has 1 heterocycles. The molecule has 0 aromatic heterocycles. The molecule has 0 saturated carbocycles. The molecule has 29 heavy (non-hydrogen) atoms. The van der Waals surface area contributed by atoms with E-state index in [-0.39, 0.29) is 17.6 Å². The number of carbonyl (C=O) groups excluding carboxylic acids is 2. The highest BCUT2D eigenvalue weighted by Gasteiger charge is 2.22. The van der Waals surface area contributed by atoms with E-state index in [4.69, 9.17) is 0 Å². The summed E-state index contributed by atoms with van der Waals surface area (Å²) >= 11 is 0. The standard InChI is InChI=1S/C24H22N2O3/c27-21-9-5-8-19(16-21)23(28)25-20-13-11-18(12-14-20)24(29)26-15-4-3-7-17-6-1-2-10-22(17)26/h1-2,5-6,8-14,16,27H,3-4,7,15H2,(H,25,28). The number of phenolic OH excluding ortho intramolecular Hbond substituents is 1. The van der Waals surface area contributed by atoms with Crippen molar-refractivity contribution < 1.29 is 14.7 Å². The van der Waals surface area contributed by atoms with Crippen molar-refractivity contribution in [3.8, 4) is 5.75 Å². The fourth-order valence-corrected chi connectivity index (χ4v) is 3.60. The van der Waals surface area contributed by atoms with Crippen molar-refractivity contribution >= 4 is 23.2 Å². The summed E-state index contributed by atoms with van der Waals surface area (Å²) in [6.45, 7) is 0.700.